The number of nitrogens with one attached hydrogen (secondary N) is 2. The molecule has 0 aromatic heterocycles. The summed E-state index contributed by atoms with van der Waals surface area (Å²) in [4.78, 5) is 6.69. The van der Waals surface area contributed by atoms with E-state index in [-0.39, 0.29) is 29.8 Å². The van der Waals surface area contributed by atoms with Crippen LogP contribution in [0.1, 0.15) is 23.6 Å². The molecule has 0 aliphatic carbocycles. The first-order valence-corrected chi connectivity index (χ1v) is 9.73. The van der Waals surface area contributed by atoms with E-state index in [2.05, 4.69) is 51.7 Å². The zero-order chi connectivity index (χ0) is 19.8. The lowest BCUT2D eigenvalue weighted by Crippen LogP contribution is -2.40. The van der Waals surface area contributed by atoms with Crippen LogP contribution >= 0.6 is 24.0 Å². The molecular weight excluding hydrogens is 482 g/mol. The second kappa shape index (κ2) is 12.1. The molecular formula is C22H30FIN4O. The van der Waals surface area contributed by atoms with Crippen LogP contribution in [0.2, 0.25) is 0 Å². The monoisotopic (exact) mass is 512 g/mol. The van der Waals surface area contributed by atoms with E-state index < -0.39 is 0 Å². The van der Waals surface area contributed by atoms with Crippen LogP contribution in [0, 0.1) is 5.82 Å². The fourth-order valence-corrected chi connectivity index (χ4v) is 3.32. The number of ether oxygens (including phenoxy) is 1. The van der Waals surface area contributed by atoms with Gasteiger partial charge in [0.2, 0.25) is 0 Å². The number of guanidine groups is 1. The number of rotatable bonds is 6. The highest BCUT2D eigenvalue weighted by Gasteiger charge is 2.16. The molecule has 2 aromatic rings. The summed E-state index contributed by atoms with van der Waals surface area (Å²) in [6.45, 7) is 7.11. The largest absolute Gasteiger partial charge is 0.376 e. The zero-order valence-electron chi connectivity index (χ0n) is 17.0. The standard InChI is InChI=1S/C22H29FN4O.HI/c1-17-15-27(10-11-28-17)16-20-5-3-4-19(12-20)14-26-22(24-2)25-13-18-6-8-21(23)9-7-18;/h3-9,12,17H,10-11,13-16H2,1-2H3,(H2,24,25,26);1H. The molecule has 0 amide bonds. The Bertz CT molecular complexity index is 785. The van der Waals surface area contributed by atoms with Crippen molar-refractivity contribution >= 4 is 29.9 Å². The van der Waals surface area contributed by atoms with E-state index in [9.17, 15) is 4.39 Å². The van der Waals surface area contributed by atoms with E-state index in [4.69, 9.17) is 4.74 Å². The Morgan fingerprint density at radius 2 is 1.79 bits per heavy atom. The number of benzene rings is 2. The molecule has 1 atom stereocenters. The van der Waals surface area contributed by atoms with Gasteiger partial charge in [-0.15, -0.1) is 24.0 Å². The Kier molecular flexibility index (Phi) is 9.83. The molecule has 0 saturated carbocycles. The summed E-state index contributed by atoms with van der Waals surface area (Å²) in [6.07, 6.45) is 0.300. The molecule has 7 heteroatoms. The molecule has 0 bridgehead atoms. The normalized spacial score (nSPS) is 17.5. The lowest BCUT2D eigenvalue weighted by Gasteiger charge is -2.31. The Labute approximate surface area is 189 Å². The van der Waals surface area contributed by atoms with Crippen molar-refractivity contribution in [3.05, 3.63) is 71.0 Å². The summed E-state index contributed by atoms with van der Waals surface area (Å²) in [7, 11) is 1.75. The van der Waals surface area contributed by atoms with Gasteiger partial charge in [0.1, 0.15) is 5.82 Å². The lowest BCUT2D eigenvalue weighted by atomic mass is 10.1. The van der Waals surface area contributed by atoms with Crippen LogP contribution in [0.5, 0.6) is 0 Å². The zero-order valence-corrected chi connectivity index (χ0v) is 19.4. The minimum Gasteiger partial charge on any atom is -0.376 e. The molecule has 158 valence electrons. The molecule has 2 N–H and O–H groups in total. The molecule has 1 fully saturated rings. The van der Waals surface area contributed by atoms with Gasteiger partial charge in [0, 0.05) is 39.8 Å². The van der Waals surface area contributed by atoms with Crippen molar-refractivity contribution < 1.29 is 9.13 Å². The first-order chi connectivity index (χ1) is 13.6. The molecule has 1 heterocycles. The predicted molar refractivity (Wildman–Crippen MR) is 126 cm³/mol. The molecule has 1 aliphatic heterocycles. The third-order valence-corrected chi connectivity index (χ3v) is 4.78. The second-order valence-electron chi connectivity index (χ2n) is 7.14. The molecule has 3 rings (SSSR count). The van der Waals surface area contributed by atoms with E-state index in [0.717, 1.165) is 37.8 Å². The van der Waals surface area contributed by atoms with E-state index in [0.29, 0.717) is 19.2 Å². The average Bonchev–Trinajstić information content (AvgIpc) is 2.70. The van der Waals surface area contributed by atoms with Gasteiger partial charge in [-0.1, -0.05) is 36.4 Å². The molecule has 2 aromatic carbocycles. The maximum atomic E-state index is 13.0. The highest BCUT2D eigenvalue weighted by Crippen LogP contribution is 2.12. The van der Waals surface area contributed by atoms with Gasteiger partial charge < -0.3 is 15.4 Å². The van der Waals surface area contributed by atoms with Crippen molar-refractivity contribution in [2.45, 2.75) is 32.7 Å². The molecule has 0 radical (unpaired) electrons. The van der Waals surface area contributed by atoms with E-state index in [1.165, 1.54) is 23.3 Å². The van der Waals surface area contributed by atoms with Gasteiger partial charge in [-0.25, -0.2) is 4.39 Å². The van der Waals surface area contributed by atoms with Crippen LogP contribution in [0.3, 0.4) is 0 Å². The number of aliphatic imine (C=N–C) groups is 1. The highest BCUT2D eigenvalue weighted by molar-refractivity contribution is 14.0. The summed E-state index contributed by atoms with van der Waals surface area (Å²) >= 11 is 0. The maximum Gasteiger partial charge on any atom is 0.191 e. The quantitative estimate of drug-likeness (QED) is 0.354. The van der Waals surface area contributed by atoms with Crippen LogP contribution in [-0.4, -0.2) is 43.7 Å². The van der Waals surface area contributed by atoms with Crippen molar-refractivity contribution in [1.29, 1.82) is 0 Å². The molecule has 5 nitrogen and oxygen atoms in total. The number of halogens is 2. The molecule has 1 saturated heterocycles. The van der Waals surface area contributed by atoms with Crippen LogP contribution < -0.4 is 10.6 Å². The van der Waals surface area contributed by atoms with Gasteiger partial charge in [0.05, 0.1) is 12.7 Å². The van der Waals surface area contributed by atoms with E-state index in [1.807, 2.05) is 0 Å². The third-order valence-electron chi connectivity index (χ3n) is 4.78. The van der Waals surface area contributed by atoms with Crippen molar-refractivity contribution in [2.75, 3.05) is 26.7 Å². The van der Waals surface area contributed by atoms with Gasteiger partial charge in [0.15, 0.2) is 5.96 Å². The number of hydrogen-bond acceptors (Lipinski definition) is 3. The lowest BCUT2D eigenvalue weighted by molar-refractivity contribution is -0.0212. The van der Waals surface area contributed by atoms with Crippen molar-refractivity contribution in [1.82, 2.24) is 15.5 Å². The topological polar surface area (TPSA) is 48.9 Å². The van der Waals surface area contributed by atoms with Gasteiger partial charge in [-0.2, -0.15) is 0 Å². The summed E-state index contributed by atoms with van der Waals surface area (Å²) in [5, 5.41) is 6.59. The molecule has 1 aliphatic rings. The van der Waals surface area contributed by atoms with Crippen molar-refractivity contribution in [3.63, 3.8) is 0 Å². The summed E-state index contributed by atoms with van der Waals surface area (Å²) in [5.41, 5.74) is 3.53. The molecule has 29 heavy (non-hydrogen) atoms. The van der Waals surface area contributed by atoms with E-state index in [1.54, 1.807) is 19.2 Å². The Morgan fingerprint density at radius 3 is 2.48 bits per heavy atom. The summed E-state index contributed by atoms with van der Waals surface area (Å²) in [5.74, 6) is 0.495. The first kappa shape index (κ1) is 23.6. The number of hydrogen-bond donors (Lipinski definition) is 2. The van der Waals surface area contributed by atoms with Gasteiger partial charge in [-0.05, 0) is 35.7 Å². The molecule has 0 spiro atoms. The first-order valence-electron chi connectivity index (χ1n) is 9.73. The fraction of sp³-hybridized carbons (Fsp3) is 0.409. The molecule has 1 unspecified atom stereocenters. The smallest absolute Gasteiger partial charge is 0.191 e. The van der Waals surface area contributed by atoms with Gasteiger partial charge >= 0.3 is 0 Å². The van der Waals surface area contributed by atoms with Crippen LogP contribution in [0.15, 0.2) is 53.5 Å². The SMILES string of the molecule is CN=C(NCc1ccc(F)cc1)NCc1cccc(CN2CCOC(C)C2)c1.I. The Morgan fingerprint density at radius 1 is 1.10 bits per heavy atom. The van der Waals surface area contributed by atoms with E-state index >= 15 is 0 Å². The summed E-state index contributed by atoms with van der Waals surface area (Å²) in [6, 6.07) is 15.1. The number of nitrogens with zero attached hydrogens (tertiary/aromatic N) is 2. The van der Waals surface area contributed by atoms with Crippen LogP contribution in [0.25, 0.3) is 0 Å². The minimum atomic E-state index is -0.224. The van der Waals surface area contributed by atoms with Gasteiger partial charge in [0.25, 0.3) is 0 Å². The maximum absolute atomic E-state index is 13.0. The number of morpholine rings is 1. The Balaban J connectivity index is 0.00000300. The average molecular weight is 512 g/mol. The summed E-state index contributed by atoms with van der Waals surface area (Å²) < 4.78 is 18.6. The highest BCUT2D eigenvalue weighted by atomic mass is 127. The predicted octanol–water partition coefficient (Wildman–Crippen LogP) is 3.53. The third kappa shape index (κ3) is 7.91. The Hall–Kier alpha value is -1.71. The van der Waals surface area contributed by atoms with Crippen molar-refractivity contribution in [3.8, 4) is 0 Å². The second-order valence-corrected chi connectivity index (χ2v) is 7.14. The van der Waals surface area contributed by atoms with Crippen LogP contribution in [-0.2, 0) is 24.4 Å². The van der Waals surface area contributed by atoms with Crippen LogP contribution in [0.4, 0.5) is 4.39 Å². The van der Waals surface area contributed by atoms with Crippen molar-refractivity contribution in [2.24, 2.45) is 4.99 Å². The minimum absolute atomic E-state index is 0. The fourth-order valence-electron chi connectivity index (χ4n) is 3.32. The van der Waals surface area contributed by atoms with Gasteiger partial charge in [-0.3, -0.25) is 9.89 Å².